The van der Waals surface area contributed by atoms with Crippen molar-refractivity contribution in [2.75, 3.05) is 12.3 Å². The third-order valence-corrected chi connectivity index (χ3v) is 7.81. The molecule has 4 rings (SSSR count). The standard InChI is InChI=1S/C22H19Cl2N3O2S2/c23-18-7-4-8-19(24)17(18)14-30-12-11-25-31(28,29)16-9-10-20-21(13-16)27-22(26-20)15-5-2-1-3-6-15/h1-10,13,25H,11-12,14H2,(H,26,27). The van der Waals surface area contributed by atoms with Crippen LogP contribution in [0.3, 0.4) is 0 Å². The molecule has 0 radical (unpaired) electrons. The highest BCUT2D eigenvalue weighted by Crippen LogP contribution is 2.28. The minimum Gasteiger partial charge on any atom is -0.338 e. The van der Waals surface area contributed by atoms with Crippen LogP contribution in [-0.2, 0) is 15.8 Å². The maximum Gasteiger partial charge on any atom is 0.240 e. The van der Waals surface area contributed by atoms with Crippen LogP contribution in [0.5, 0.6) is 0 Å². The van der Waals surface area contributed by atoms with E-state index in [4.69, 9.17) is 23.2 Å². The molecule has 5 nitrogen and oxygen atoms in total. The molecule has 0 spiro atoms. The summed E-state index contributed by atoms with van der Waals surface area (Å²) in [5, 5.41) is 1.23. The second-order valence-electron chi connectivity index (χ2n) is 6.78. The topological polar surface area (TPSA) is 74.8 Å². The van der Waals surface area contributed by atoms with Gasteiger partial charge in [0.15, 0.2) is 0 Å². The molecule has 0 amide bonds. The van der Waals surface area contributed by atoms with Gasteiger partial charge >= 0.3 is 0 Å². The van der Waals surface area contributed by atoms with Gasteiger partial charge in [-0.3, -0.25) is 0 Å². The third kappa shape index (κ3) is 5.25. The summed E-state index contributed by atoms with van der Waals surface area (Å²) in [7, 11) is -3.63. The molecular weight excluding hydrogens is 473 g/mol. The lowest BCUT2D eigenvalue weighted by atomic mass is 10.2. The molecule has 0 saturated carbocycles. The lowest BCUT2D eigenvalue weighted by Gasteiger charge is -2.08. The Balaban J connectivity index is 1.39. The Hall–Kier alpha value is -2.03. The molecule has 4 aromatic rings. The van der Waals surface area contributed by atoms with Gasteiger partial charge < -0.3 is 4.98 Å². The second-order valence-corrected chi connectivity index (χ2v) is 10.5. The van der Waals surface area contributed by atoms with Crippen molar-refractivity contribution in [3.05, 3.63) is 82.3 Å². The highest BCUT2D eigenvalue weighted by atomic mass is 35.5. The number of benzene rings is 3. The van der Waals surface area contributed by atoms with E-state index in [0.29, 0.717) is 45.0 Å². The van der Waals surface area contributed by atoms with Crippen molar-refractivity contribution < 1.29 is 8.42 Å². The molecule has 0 atom stereocenters. The summed E-state index contributed by atoms with van der Waals surface area (Å²) in [5.74, 6) is 1.90. The zero-order valence-corrected chi connectivity index (χ0v) is 19.5. The smallest absolute Gasteiger partial charge is 0.240 e. The summed E-state index contributed by atoms with van der Waals surface area (Å²) < 4.78 is 28.0. The van der Waals surface area contributed by atoms with Crippen molar-refractivity contribution in [1.82, 2.24) is 14.7 Å². The number of imidazole rings is 1. The molecule has 0 aliphatic heterocycles. The average Bonchev–Trinajstić information content (AvgIpc) is 3.19. The van der Waals surface area contributed by atoms with E-state index in [1.807, 2.05) is 30.3 Å². The molecule has 160 valence electrons. The van der Waals surface area contributed by atoms with Gasteiger partial charge in [-0.15, -0.1) is 0 Å². The number of hydrogen-bond donors (Lipinski definition) is 2. The largest absolute Gasteiger partial charge is 0.338 e. The first-order valence-electron chi connectivity index (χ1n) is 9.49. The van der Waals surface area contributed by atoms with Crippen LogP contribution in [0.15, 0.2) is 71.6 Å². The van der Waals surface area contributed by atoms with Crippen molar-refractivity contribution in [3.8, 4) is 11.4 Å². The van der Waals surface area contributed by atoms with Crippen molar-refractivity contribution in [2.45, 2.75) is 10.6 Å². The van der Waals surface area contributed by atoms with Crippen molar-refractivity contribution in [3.63, 3.8) is 0 Å². The molecule has 3 aromatic carbocycles. The molecule has 31 heavy (non-hydrogen) atoms. The number of hydrogen-bond acceptors (Lipinski definition) is 4. The summed E-state index contributed by atoms with van der Waals surface area (Å²) >= 11 is 13.9. The molecular formula is C22H19Cl2N3O2S2. The monoisotopic (exact) mass is 491 g/mol. The Morgan fingerprint density at radius 2 is 1.71 bits per heavy atom. The van der Waals surface area contributed by atoms with Crippen molar-refractivity contribution >= 4 is 56.0 Å². The second kappa shape index (κ2) is 9.63. The minimum absolute atomic E-state index is 0.197. The first-order valence-corrected chi connectivity index (χ1v) is 12.9. The van der Waals surface area contributed by atoms with Crippen LogP contribution in [0.4, 0.5) is 0 Å². The number of nitrogens with one attached hydrogen (secondary N) is 2. The number of aromatic nitrogens is 2. The number of halogens is 2. The minimum atomic E-state index is -3.63. The fraction of sp³-hybridized carbons (Fsp3) is 0.136. The highest BCUT2D eigenvalue weighted by Gasteiger charge is 2.15. The predicted molar refractivity (Wildman–Crippen MR) is 129 cm³/mol. The van der Waals surface area contributed by atoms with Crippen molar-refractivity contribution in [2.24, 2.45) is 0 Å². The Morgan fingerprint density at radius 3 is 2.45 bits per heavy atom. The van der Waals surface area contributed by atoms with Gasteiger partial charge in [0.05, 0.1) is 15.9 Å². The molecule has 0 fully saturated rings. The highest BCUT2D eigenvalue weighted by molar-refractivity contribution is 7.98. The van der Waals surface area contributed by atoms with E-state index < -0.39 is 10.0 Å². The van der Waals surface area contributed by atoms with E-state index in [9.17, 15) is 8.42 Å². The maximum atomic E-state index is 12.7. The lowest BCUT2D eigenvalue weighted by Crippen LogP contribution is -2.26. The average molecular weight is 492 g/mol. The maximum absolute atomic E-state index is 12.7. The molecule has 0 aliphatic rings. The van der Waals surface area contributed by atoms with Gasteiger partial charge in [-0.2, -0.15) is 11.8 Å². The Morgan fingerprint density at radius 1 is 0.968 bits per heavy atom. The van der Waals surface area contributed by atoms with E-state index in [1.165, 1.54) is 0 Å². The zero-order valence-electron chi connectivity index (χ0n) is 16.3. The first kappa shape index (κ1) is 22.2. The van der Waals surface area contributed by atoms with Gasteiger partial charge in [0, 0.05) is 33.7 Å². The van der Waals surface area contributed by atoms with E-state index in [0.717, 1.165) is 11.1 Å². The molecule has 1 heterocycles. The van der Waals surface area contributed by atoms with E-state index in [2.05, 4.69) is 14.7 Å². The van der Waals surface area contributed by atoms with Crippen LogP contribution in [0.25, 0.3) is 22.4 Å². The summed E-state index contributed by atoms with van der Waals surface area (Å²) in [6, 6.07) is 20.0. The number of fused-ring (bicyclic) bond motifs is 1. The molecule has 1 aromatic heterocycles. The van der Waals surface area contributed by atoms with E-state index in [1.54, 1.807) is 48.2 Å². The molecule has 2 N–H and O–H groups in total. The van der Waals surface area contributed by atoms with Gasteiger partial charge in [0.2, 0.25) is 10.0 Å². The van der Waals surface area contributed by atoms with Gasteiger partial charge in [-0.05, 0) is 35.9 Å². The Kier molecular flexibility index (Phi) is 6.89. The summed E-state index contributed by atoms with van der Waals surface area (Å²) in [4.78, 5) is 7.93. The quantitative estimate of drug-likeness (QED) is 0.307. The molecule has 0 bridgehead atoms. The van der Waals surface area contributed by atoms with Crippen LogP contribution in [-0.4, -0.2) is 30.7 Å². The van der Waals surface area contributed by atoms with E-state index in [-0.39, 0.29) is 4.90 Å². The van der Waals surface area contributed by atoms with Gasteiger partial charge in [-0.25, -0.2) is 18.1 Å². The first-order chi connectivity index (χ1) is 14.9. The number of aromatic amines is 1. The number of rotatable bonds is 8. The van der Waals surface area contributed by atoms with Gasteiger partial charge in [-0.1, -0.05) is 59.6 Å². The summed E-state index contributed by atoms with van der Waals surface area (Å²) in [6.45, 7) is 0.297. The molecule has 0 unspecified atom stereocenters. The summed E-state index contributed by atoms with van der Waals surface area (Å²) in [6.07, 6.45) is 0. The third-order valence-electron chi connectivity index (χ3n) is 4.66. The number of H-pyrrole nitrogens is 1. The van der Waals surface area contributed by atoms with Crippen LogP contribution in [0.2, 0.25) is 10.0 Å². The number of thioether (sulfide) groups is 1. The van der Waals surface area contributed by atoms with Crippen molar-refractivity contribution in [1.29, 1.82) is 0 Å². The number of sulfonamides is 1. The lowest BCUT2D eigenvalue weighted by molar-refractivity contribution is 0.584. The Bertz CT molecular complexity index is 1290. The number of nitrogens with zero attached hydrogens (tertiary/aromatic N) is 1. The van der Waals surface area contributed by atoms with Crippen LogP contribution < -0.4 is 4.72 Å². The zero-order chi connectivity index (χ0) is 21.8. The normalized spacial score (nSPS) is 11.8. The SMILES string of the molecule is O=S(=O)(NCCSCc1c(Cl)cccc1Cl)c1ccc2nc(-c3ccccc3)[nH]c2c1. The molecule has 9 heteroatoms. The summed E-state index contributed by atoms with van der Waals surface area (Å²) in [5.41, 5.74) is 3.18. The van der Waals surface area contributed by atoms with Crippen LogP contribution in [0.1, 0.15) is 5.56 Å². The Labute approximate surface area is 195 Å². The van der Waals surface area contributed by atoms with Crippen LogP contribution >= 0.6 is 35.0 Å². The fourth-order valence-corrected chi connectivity index (χ4v) is 5.85. The van der Waals surface area contributed by atoms with Gasteiger partial charge in [0.1, 0.15) is 5.82 Å². The van der Waals surface area contributed by atoms with Crippen LogP contribution in [0, 0.1) is 0 Å². The molecule has 0 saturated heterocycles. The van der Waals surface area contributed by atoms with Gasteiger partial charge in [0.25, 0.3) is 0 Å². The predicted octanol–water partition coefficient (Wildman–Crippen LogP) is 5.75. The fourth-order valence-electron chi connectivity index (χ4n) is 3.06. The molecule has 0 aliphatic carbocycles. The van der Waals surface area contributed by atoms with E-state index >= 15 is 0 Å².